The number of benzene rings is 3. The molecule has 0 saturated carbocycles. The molecule has 3 aromatic carbocycles. The van der Waals surface area contributed by atoms with Crippen molar-refractivity contribution < 1.29 is 34.9 Å². The number of hydrogen-bond acceptors (Lipinski definition) is 4. The van der Waals surface area contributed by atoms with E-state index < -0.39 is 34.0 Å². The maximum Gasteiger partial charge on any atom is 0.416 e. The summed E-state index contributed by atoms with van der Waals surface area (Å²) in [6, 6.07) is 16.8. The van der Waals surface area contributed by atoms with Gasteiger partial charge in [-0.15, -0.1) is 0 Å². The van der Waals surface area contributed by atoms with Crippen LogP contribution in [0.25, 0.3) is 33.8 Å². The number of nitrogens with zero attached hydrogens (tertiary/aromatic N) is 2. The molecule has 4 rings (SSSR count). The molecule has 11 heteroatoms. The van der Waals surface area contributed by atoms with Gasteiger partial charge in [0.15, 0.2) is 5.82 Å². The van der Waals surface area contributed by atoms with E-state index in [-0.39, 0.29) is 22.0 Å². The fraction of sp³-hybridized carbons (Fsp3) is 0.0833. The molecule has 1 heterocycles. The van der Waals surface area contributed by atoms with Crippen LogP contribution in [0.4, 0.5) is 22.0 Å². The summed E-state index contributed by atoms with van der Waals surface area (Å²) >= 11 is 0. The van der Waals surface area contributed by atoms with E-state index in [1.54, 1.807) is 30.3 Å². The molecular weight excluding hydrogens is 491 g/mol. The lowest BCUT2D eigenvalue weighted by Gasteiger charge is -2.11. The predicted octanol–water partition coefficient (Wildman–Crippen LogP) is 6.68. The summed E-state index contributed by atoms with van der Waals surface area (Å²) in [5.41, 5.74) is -0.0491. The Morgan fingerprint density at radius 1 is 0.743 bits per heavy atom. The lowest BCUT2D eigenvalue weighted by atomic mass is 10.0. The molecule has 0 aliphatic heterocycles. The van der Waals surface area contributed by atoms with Crippen LogP contribution >= 0.6 is 0 Å². The van der Waals surface area contributed by atoms with Gasteiger partial charge in [-0.05, 0) is 47.5 Å². The largest absolute Gasteiger partial charge is 0.416 e. The van der Waals surface area contributed by atoms with Crippen molar-refractivity contribution in [2.24, 2.45) is 0 Å². The van der Waals surface area contributed by atoms with Crippen molar-refractivity contribution in [3.8, 4) is 33.8 Å². The molecule has 0 unspecified atom stereocenters. The minimum absolute atomic E-state index is 0.0119. The van der Waals surface area contributed by atoms with Crippen LogP contribution in [0, 0.1) is 0 Å². The first kappa shape index (κ1) is 24.4. The highest BCUT2D eigenvalue weighted by atomic mass is 32.2. The average Bonchev–Trinajstić information content (AvgIpc) is 2.83. The lowest BCUT2D eigenvalue weighted by molar-refractivity contribution is -0.137. The van der Waals surface area contributed by atoms with Crippen molar-refractivity contribution in [1.82, 2.24) is 9.97 Å². The number of alkyl halides is 5. The zero-order chi connectivity index (χ0) is 25.4. The highest BCUT2D eigenvalue weighted by molar-refractivity contribution is 7.85. The monoisotopic (exact) mass is 506 g/mol. The van der Waals surface area contributed by atoms with Gasteiger partial charge >= 0.3 is 6.18 Å². The van der Waals surface area contributed by atoms with E-state index in [1.807, 2.05) is 0 Å². The van der Waals surface area contributed by atoms with E-state index in [0.29, 0.717) is 16.7 Å². The first-order chi connectivity index (χ1) is 16.4. The van der Waals surface area contributed by atoms with E-state index in [9.17, 15) is 34.9 Å². The Balaban J connectivity index is 1.79. The molecule has 0 aliphatic rings. The van der Waals surface area contributed by atoms with Gasteiger partial charge in [0.2, 0.25) is 0 Å². The van der Waals surface area contributed by atoms with Gasteiger partial charge in [-0.25, -0.2) is 18.7 Å². The molecule has 1 N–H and O–H groups in total. The molecule has 0 amide bonds. The van der Waals surface area contributed by atoms with Gasteiger partial charge in [0.05, 0.1) is 16.2 Å². The Morgan fingerprint density at radius 3 is 1.94 bits per heavy atom. The van der Waals surface area contributed by atoms with Crippen molar-refractivity contribution in [2.75, 3.05) is 0 Å². The van der Waals surface area contributed by atoms with E-state index in [1.165, 1.54) is 18.2 Å². The maximum absolute atomic E-state index is 13.6. The molecule has 4 aromatic rings. The summed E-state index contributed by atoms with van der Waals surface area (Å²) in [6.45, 7) is 0. The molecule has 180 valence electrons. The zero-order valence-corrected chi connectivity index (χ0v) is 18.4. The highest BCUT2D eigenvalue weighted by Crippen LogP contribution is 2.33. The van der Waals surface area contributed by atoms with Gasteiger partial charge in [-0.2, -0.15) is 21.6 Å². The van der Waals surface area contributed by atoms with Crippen LogP contribution in [0.2, 0.25) is 0 Å². The molecule has 35 heavy (non-hydrogen) atoms. The molecular formula is C24H15F5N2O3S. The van der Waals surface area contributed by atoms with Gasteiger partial charge in [0, 0.05) is 11.1 Å². The van der Waals surface area contributed by atoms with Crippen molar-refractivity contribution in [3.63, 3.8) is 0 Å². The Morgan fingerprint density at radius 2 is 1.34 bits per heavy atom. The molecule has 0 fully saturated rings. The minimum atomic E-state index is -4.55. The minimum Gasteiger partial charge on any atom is -0.282 e. The molecule has 5 nitrogen and oxygen atoms in total. The third-order valence-electron chi connectivity index (χ3n) is 5.06. The summed E-state index contributed by atoms with van der Waals surface area (Å²) in [5, 5.41) is 0. The van der Waals surface area contributed by atoms with Crippen molar-refractivity contribution >= 4 is 10.1 Å². The first-order valence-electron chi connectivity index (χ1n) is 9.95. The van der Waals surface area contributed by atoms with Crippen LogP contribution in [0.3, 0.4) is 0 Å². The molecule has 0 bridgehead atoms. The smallest absolute Gasteiger partial charge is 0.282 e. The molecule has 0 aliphatic carbocycles. The van der Waals surface area contributed by atoms with Crippen LogP contribution < -0.4 is 0 Å². The quantitative estimate of drug-likeness (QED) is 0.241. The van der Waals surface area contributed by atoms with Crippen molar-refractivity contribution in [3.05, 3.63) is 90.1 Å². The fourth-order valence-electron chi connectivity index (χ4n) is 3.36. The third kappa shape index (κ3) is 5.52. The summed E-state index contributed by atoms with van der Waals surface area (Å²) in [7, 11) is -4.44. The van der Waals surface area contributed by atoms with Crippen molar-refractivity contribution in [1.29, 1.82) is 0 Å². The van der Waals surface area contributed by atoms with Crippen LogP contribution in [0.15, 0.2) is 83.8 Å². The van der Waals surface area contributed by atoms with Crippen molar-refractivity contribution in [2.45, 2.75) is 17.5 Å². The Labute approximate surface area is 196 Å². The van der Waals surface area contributed by atoms with E-state index in [4.69, 9.17) is 0 Å². The summed E-state index contributed by atoms with van der Waals surface area (Å²) in [5.74, 6) is -0.0921. The first-order valence-corrected chi connectivity index (χ1v) is 11.4. The number of hydrogen-bond donors (Lipinski definition) is 1. The highest BCUT2D eigenvalue weighted by Gasteiger charge is 2.30. The van der Waals surface area contributed by atoms with Gasteiger partial charge in [0.25, 0.3) is 16.5 Å². The second-order valence-electron chi connectivity index (χ2n) is 7.46. The summed E-state index contributed by atoms with van der Waals surface area (Å²) in [6.07, 6.45) is -7.50. The molecule has 0 atom stereocenters. The van der Waals surface area contributed by atoms with E-state index >= 15 is 0 Å². The Hall–Kier alpha value is -3.70. The zero-order valence-electron chi connectivity index (χ0n) is 17.5. The van der Waals surface area contributed by atoms with Gasteiger partial charge in [0.1, 0.15) is 5.69 Å². The summed E-state index contributed by atoms with van der Waals surface area (Å²) < 4.78 is 97.9. The normalized spacial score (nSPS) is 12.2. The second-order valence-corrected chi connectivity index (χ2v) is 8.88. The number of halogens is 5. The standard InChI is InChI=1S/C24H15F5N2O3S/c25-22(26)21-13-20(14-7-9-18(10-8-14)24(27,28)29)30-23(31-21)17-5-1-3-15(11-17)16-4-2-6-19(12-16)35(32,33)34/h1-13,22H,(H,32,33,34). The van der Waals surface area contributed by atoms with E-state index in [0.717, 1.165) is 30.3 Å². The molecule has 1 aromatic heterocycles. The van der Waals surface area contributed by atoms with E-state index in [2.05, 4.69) is 9.97 Å². The molecule has 0 radical (unpaired) electrons. The molecule has 0 saturated heterocycles. The van der Waals surface area contributed by atoms with Crippen LogP contribution in [0.1, 0.15) is 17.7 Å². The van der Waals surface area contributed by atoms with Gasteiger partial charge < -0.3 is 0 Å². The van der Waals surface area contributed by atoms with Crippen LogP contribution in [-0.2, 0) is 16.3 Å². The number of aromatic nitrogens is 2. The maximum atomic E-state index is 13.6. The van der Waals surface area contributed by atoms with Gasteiger partial charge in [-0.1, -0.05) is 42.5 Å². The Bertz CT molecular complexity index is 1490. The Kier molecular flexibility index (Phi) is 6.39. The number of rotatable bonds is 5. The topological polar surface area (TPSA) is 80.2 Å². The molecule has 0 spiro atoms. The summed E-state index contributed by atoms with van der Waals surface area (Å²) in [4.78, 5) is 7.86. The van der Waals surface area contributed by atoms with Crippen LogP contribution in [-0.4, -0.2) is 22.9 Å². The predicted molar refractivity (Wildman–Crippen MR) is 118 cm³/mol. The fourth-order valence-corrected chi connectivity index (χ4v) is 3.89. The SMILES string of the molecule is O=S(=O)(O)c1cccc(-c2cccc(-c3nc(-c4ccc(C(F)(F)F)cc4)cc(C(F)F)n3)c2)c1. The van der Waals surface area contributed by atoms with Crippen LogP contribution in [0.5, 0.6) is 0 Å². The average molecular weight is 506 g/mol. The van der Waals surface area contributed by atoms with Gasteiger partial charge in [-0.3, -0.25) is 4.55 Å². The lowest BCUT2D eigenvalue weighted by Crippen LogP contribution is -2.04. The second kappa shape index (κ2) is 9.16. The third-order valence-corrected chi connectivity index (χ3v) is 5.91.